The number of aryl methyl sites for hydroxylation is 1. The first-order valence-electron chi connectivity index (χ1n) is 11.6. The smallest absolute Gasteiger partial charge is 0.381 e. The van der Waals surface area contributed by atoms with Gasteiger partial charge in [0.1, 0.15) is 11.5 Å². The van der Waals surface area contributed by atoms with Gasteiger partial charge in [-0.25, -0.2) is 14.8 Å². The van der Waals surface area contributed by atoms with E-state index in [1.807, 2.05) is 48.5 Å². The number of aromatic nitrogens is 2. The Morgan fingerprint density at radius 3 is 2.03 bits per heavy atom. The van der Waals surface area contributed by atoms with Crippen molar-refractivity contribution in [2.24, 2.45) is 0 Å². The minimum Gasteiger partial charge on any atom is -0.494 e. The van der Waals surface area contributed by atoms with Crippen LogP contribution in [0.5, 0.6) is 11.5 Å². The van der Waals surface area contributed by atoms with Crippen molar-refractivity contribution in [3.05, 3.63) is 72.3 Å². The van der Waals surface area contributed by atoms with E-state index in [0.717, 1.165) is 36.3 Å². The van der Waals surface area contributed by atoms with Gasteiger partial charge in [-0.1, -0.05) is 63.8 Å². The molecule has 0 atom stereocenters. The van der Waals surface area contributed by atoms with E-state index >= 15 is 0 Å². The Morgan fingerprint density at radius 2 is 1.38 bits per heavy atom. The first kappa shape index (κ1) is 23.5. The van der Waals surface area contributed by atoms with E-state index in [2.05, 4.69) is 23.8 Å². The fraction of sp³-hybridized carbons (Fsp3) is 0.370. The number of unbranched alkanes of at least 4 members (excludes halogenated alkanes) is 4. The summed E-state index contributed by atoms with van der Waals surface area (Å²) >= 11 is 0. The molecule has 0 N–H and O–H groups in total. The summed E-state index contributed by atoms with van der Waals surface area (Å²) in [5, 5.41) is 0. The van der Waals surface area contributed by atoms with Gasteiger partial charge in [-0.15, -0.1) is 0 Å². The summed E-state index contributed by atoms with van der Waals surface area (Å²) in [5.74, 6) is 0.821. The molecule has 0 aliphatic heterocycles. The summed E-state index contributed by atoms with van der Waals surface area (Å²) in [6.07, 6.45) is 11.3. The Bertz CT molecular complexity index is 952. The van der Waals surface area contributed by atoms with Gasteiger partial charge in [0.2, 0.25) is 5.82 Å². The second-order valence-corrected chi connectivity index (χ2v) is 7.87. The highest BCUT2D eigenvalue weighted by molar-refractivity contribution is 5.87. The molecule has 0 saturated heterocycles. The minimum atomic E-state index is -0.564. The van der Waals surface area contributed by atoms with Crippen LogP contribution in [0.25, 0.3) is 11.1 Å². The molecular formula is C27H32N2O3. The maximum atomic E-state index is 12.4. The van der Waals surface area contributed by atoms with Crippen molar-refractivity contribution in [1.29, 1.82) is 0 Å². The molecule has 0 amide bonds. The highest BCUT2D eigenvalue weighted by Crippen LogP contribution is 2.22. The average molecular weight is 433 g/mol. The number of hydrogen-bond donors (Lipinski definition) is 0. The second kappa shape index (κ2) is 12.6. The van der Waals surface area contributed by atoms with Crippen LogP contribution < -0.4 is 9.47 Å². The van der Waals surface area contributed by atoms with E-state index in [1.54, 1.807) is 12.4 Å². The Labute approximate surface area is 190 Å². The predicted molar refractivity (Wildman–Crippen MR) is 127 cm³/mol. The van der Waals surface area contributed by atoms with Gasteiger partial charge in [0.15, 0.2) is 0 Å². The van der Waals surface area contributed by atoms with Crippen molar-refractivity contribution in [2.45, 2.75) is 58.8 Å². The zero-order chi connectivity index (χ0) is 22.6. The SMILES string of the molecule is CCCCCOc1ccc(-c2cnc(C(=O)Oc3ccc(CCCCC)cc3)nc2)cc1. The lowest BCUT2D eigenvalue weighted by molar-refractivity contribution is 0.0722. The molecule has 5 heteroatoms. The summed E-state index contributed by atoms with van der Waals surface area (Å²) in [5.41, 5.74) is 3.04. The molecule has 32 heavy (non-hydrogen) atoms. The molecule has 0 saturated carbocycles. The number of rotatable bonds is 12. The largest absolute Gasteiger partial charge is 0.494 e. The van der Waals surface area contributed by atoms with E-state index in [-0.39, 0.29) is 5.82 Å². The molecule has 168 valence electrons. The highest BCUT2D eigenvalue weighted by atomic mass is 16.5. The predicted octanol–water partition coefficient (Wildman–Crippen LogP) is 6.66. The quantitative estimate of drug-likeness (QED) is 0.182. The highest BCUT2D eigenvalue weighted by Gasteiger charge is 2.12. The van der Waals surface area contributed by atoms with Crippen LogP contribution in [0, 0.1) is 0 Å². The molecule has 2 aromatic carbocycles. The van der Waals surface area contributed by atoms with Gasteiger partial charge in [-0.05, 0) is 54.7 Å². The molecule has 0 fully saturated rings. The molecule has 5 nitrogen and oxygen atoms in total. The molecule has 0 radical (unpaired) electrons. The van der Waals surface area contributed by atoms with E-state index in [9.17, 15) is 4.79 Å². The van der Waals surface area contributed by atoms with Gasteiger partial charge < -0.3 is 9.47 Å². The monoisotopic (exact) mass is 432 g/mol. The van der Waals surface area contributed by atoms with Crippen LogP contribution in [-0.2, 0) is 6.42 Å². The molecule has 0 unspecified atom stereocenters. The number of carbonyl (C=O) groups excluding carboxylic acids is 1. The fourth-order valence-corrected chi connectivity index (χ4v) is 3.32. The lowest BCUT2D eigenvalue weighted by Crippen LogP contribution is -2.12. The van der Waals surface area contributed by atoms with Crippen molar-refractivity contribution in [3.63, 3.8) is 0 Å². The Morgan fingerprint density at radius 1 is 0.750 bits per heavy atom. The molecule has 0 aliphatic carbocycles. The van der Waals surface area contributed by atoms with Crippen molar-refractivity contribution < 1.29 is 14.3 Å². The normalized spacial score (nSPS) is 10.7. The summed E-state index contributed by atoms with van der Waals surface area (Å²) in [7, 11) is 0. The molecular weight excluding hydrogens is 400 g/mol. The zero-order valence-corrected chi connectivity index (χ0v) is 19.0. The summed E-state index contributed by atoms with van der Waals surface area (Å²) in [6.45, 7) is 5.10. The number of benzene rings is 2. The van der Waals surface area contributed by atoms with Gasteiger partial charge in [0.25, 0.3) is 0 Å². The van der Waals surface area contributed by atoms with Gasteiger partial charge >= 0.3 is 5.97 Å². The fourth-order valence-electron chi connectivity index (χ4n) is 3.32. The van der Waals surface area contributed by atoms with Crippen LogP contribution in [0.4, 0.5) is 0 Å². The first-order valence-corrected chi connectivity index (χ1v) is 11.6. The van der Waals surface area contributed by atoms with E-state index in [0.29, 0.717) is 5.75 Å². The Balaban J connectivity index is 1.54. The summed E-state index contributed by atoms with van der Waals surface area (Å²) in [6, 6.07) is 15.4. The second-order valence-electron chi connectivity index (χ2n) is 7.87. The number of ether oxygens (including phenoxy) is 2. The average Bonchev–Trinajstić information content (AvgIpc) is 2.84. The van der Waals surface area contributed by atoms with Crippen molar-refractivity contribution in [1.82, 2.24) is 9.97 Å². The van der Waals surface area contributed by atoms with Crippen LogP contribution in [0.1, 0.15) is 68.6 Å². The topological polar surface area (TPSA) is 61.3 Å². The van der Waals surface area contributed by atoms with Crippen LogP contribution in [-0.4, -0.2) is 22.5 Å². The third-order valence-corrected chi connectivity index (χ3v) is 5.24. The molecule has 0 spiro atoms. The molecule has 3 rings (SSSR count). The minimum absolute atomic E-state index is 0.0386. The summed E-state index contributed by atoms with van der Waals surface area (Å²) in [4.78, 5) is 20.8. The van der Waals surface area contributed by atoms with E-state index < -0.39 is 5.97 Å². The lowest BCUT2D eigenvalue weighted by Gasteiger charge is -2.07. The van der Waals surface area contributed by atoms with Crippen LogP contribution in [0.3, 0.4) is 0 Å². The van der Waals surface area contributed by atoms with Crippen molar-refractivity contribution >= 4 is 5.97 Å². The van der Waals surface area contributed by atoms with Gasteiger partial charge in [-0.3, -0.25) is 0 Å². The third kappa shape index (κ3) is 7.19. The van der Waals surface area contributed by atoms with E-state index in [4.69, 9.17) is 9.47 Å². The third-order valence-electron chi connectivity index (χ3n) is 5.24. The maximum absolute atomic E-state index is 12.4. The molecule has 0 bridgehead atoms. The number of nitrogens with zero attached hydrogens (tertiary/aromatic N) is 2. The van der Waals surface area contributed by atoms with Crippen molar-refractivity contribution in [3.8, 4) is 22.6 Å². The van der Waals surface area contributed by atoms with Gasteiger partial charge in [-0.2, -0.15) is 0 Å². The number of hydrogen-bond acceptors (Lipinski definition) is 5. The molecule has 3 aromatic rings. The van der Waals surface area contributed by atoms with E-state index in [1.165, 1.54) is 37.7 Å². The first-order chi connectivity index (χ1) is 15.7. The zero-order valence-electron chi connectivity index (χ0n) is 19.0. The number of carbonyl (C=O) groups is 1. The standard InChI is InChI=1S/C27H32N2O3/c1-3-5-7-9-21-10-14-25(15-11-21)32-27(30)26-28-19-23(20-29-26)22-12-16-24(17-13-22)31-18-8-6-4-2/h10-17,19-20H,3-9,18H2,1-2H3. The van der Waals surface area contributed by atoms with Crippen LogP contribution in [0.2, 0.25) is 0 Å². The molecule has 1 heterocycles. The van der Waals surface area contributed by atoms with Crippen LogP contribution >= 0.6 is 0 Å². The Hall–Kier alpha value is -3.21. The lowest BCUT2D eigenvalue weighted by atomic mass is 10.1. The number of esters is 1. The summed E-state index contributed by atoms with van der Waals surface area (Å²) < 4.78 is 11.2. The molecule has 1 aromatic heterocycles. The van der Waals surface area contributed by atoms with Gasteiger partial charge in [0.05, 0.1) is 6.61 Å². The Kier molecular flexibility index (Phi) is 9.23. The van der Waals surface area contributed by atoms with Crippen molar-refractivity contribution in [2.75, 3.05) is 6.61 Å². The maximum Gasteiger partial charge on any atom is 0.381 e. The molecule has 0 aliphatic rings. The van der Waals surface area contributed by atoms with Crippen LogP contribution in [0.15, 0.2) is 60.9 Å². The van der Waals surface area contributed by atoms with Gasteiger partial charge in [0, 0.05) is 18.0 Å².